The smallest absolute Gasteiger partial charge is 0.418 e. The predicted molar refractivity (Wildman–Crippen MR) is 152 cm³/mol. The van der Waals surface area contributed by atoms with E-state index in [2.05, 4.69) is 16.5 Å². The lowest BCUT2D eigenvalue weighted by molar-refractivity contribution is 0.201. The van der Waals surface area contributed by atoms with Crippen molar-refractivity contribution in [1.29, 1.82) is 0 Å². The Kier molecular flexibility index (Phi) is 6.96. The average Bonchev–Trinajstić information content (AvgIpc) is 3.47. The molecule has 200 valence electrons. The van der Waals surface area contributed by atoms with E-state index >= 15 is 0 Å². The van der Waals surface area contributed by atoms with Crippen molar-refractivity contribution in [3.05, 3.63) is 82.9 Å². The van der Waals surface area contributed by atoms with Crippen molar-refractivity contribution in [3.8, 4) is 21.7 Å². The number of hydrogen-bond donors (Lipinski definition) is 2. The maximum Gasteiger partial charge on any atom is 0.418 e. The van der Waals surface area contributed by atoms with Crippen molar-refractivity contribution in [2.24, 2.45) is 0 Å². The van der Waals surface area contributed by atoms with Crippen molar-refractivity contribution in [3.63, 3.8) is 0 Å². The highest BCUT2D eigenvalue weighted by Crippen LogP contribution is 2.40. The van der Waals surface area contributed by atoms with Crippen molar-refractivity contribution < 1.29 is 18.3 Å². The normalized spacial score (nSPS) is 11.7. The van der Waals surface area contributed by atoms with Gasteiger partial charge in [-0.05, 0) is 61.2 Å². The third-order valence-electron chi connectivity index (χ3n) is 6.43. The molecule has 0 bridgehead atoms. The monoisotopic (exact) mass is 561 g/mol. The van der Waals surface area contributed by atoms with Crippen LogP contribution >= 0.6 is 11.3 Å². The summed E-state index contributed by atoms with van der Waals surface area (Å²) in [5.74, 6) is 0.920. The van der Waals surface area contributed by atoms with Crippen LogP contribution < -0.4 is 4.72 Å². The molecule has 0 unspecified atom stereocenters. The van der Waals surface area contributed by atoms with Crippen molar-refractivity contribution >= 4 is 38.6 Å². The van der Waals surface area contributed by atoms with Gasteiger partial charge in [0, 0.05) is 28.8 Å². The summed E-state index contributed by atoms with van der Waals surface area (Å²) in [7, 11) is -4.32. The van der Waals surface area contributed by atoms with Crippen molar-refractivity contribution in [1.82, 2.24) is 24.2 Å². The van der Waals surface area contributed by atoms with Crippen LogP contribution in [0.4, 0.5) is 4.79 Å². The van der Waals surface area contributed by atoms with Crippen molar-refractivity contribution in [2.75, 3.05) is 0 Å². The van der Waals surface area contributed by atoms with Crippen LogP contribution in [0.15, 0.2) is 58.9 Å². The van der Waals surface area contributed by atoms with Gasteiger partial charge in [-0.1, -0.05) is 37.3 Å². The van der Waals surface area contributed by atoms with E-state index in [0.717, 1.165) is 62.7 Å². The van der Waals surface area contributed by atoms with E-state index in [1.54, 1.807) is 23.1 Å². The molecule has 0 aliphatic heterocycles. The van der Waals surface area contributed by atoms with Crippen molar-refractivity contribution in [2.45, 2.75) is 44.9 Å². The van der Waals surface area contributed by atoms with E-state index in [-0.39, 0.29) is 4.21 Å². The van der Waals surface area contributed by atoms with E-state index in [0.29, 0.717) is 22.7 Å². The zero-order valence-corrected chi connectivity index (χ0v) is 23.5. The Balaban J connectivity index is 1.56. The first-order valence-corrected chi connectivity index (χ1v) is 14.6. The molecule has 4 aromatic heterocycles. The van der Waals surface area contributed by atoms with Crippen LogP contribution in [0.2, 0.25) is 0 Å². The summed E-state index contributed by atoms with van der Waals surface area (Å²) in [6.07, 6.45) is 0.804. The molecule has 39 heavy (non-hydrogen) atoms. The molecule has 0 radical (unpaired) electrons. The highest BCUT2D eigenvalue weighted by atomic mass is 32.2. The number of benzene rings is 1. The molecule has 1 amide bonds. The standard InChI is InChI=1S/C28H27N5O4S2/c1-5-24-31-25-17(3)12-18(4)30-26(25)33(24)15-19-10-11-22(29-14-19)21-13-23(20-9-7-6-8-16(20)2)38-27(21)39(36,37)32-28(34)35/h6-14,32H,5,15H2,1-4H3,(H,34,35). The van der Waals surface area contributed by atoms with Gasteiger partial charge in [-0.15, -0.1) is 11.3 Å². The van der Waals surface area contributed by atoms with Gasteiger partial charge in [-0.2, -0.15) is 0 Å². The summed E-state index contributed by atoms with van der Waals surface area (Å²) in [6, 6.07) is 15.0. The number of hydrogen-bond acceptors (Lipinski definition) is 7. The quantitative estimate of drug-likeness (QED) is 0.260. The van der Waals surface area contributed by atoms with Gasteiger partial charge >= 0.3 is 6.09 Å². The number of nitrogens with one attached hydrogen (secondary N) is 1. The molecule has 2 N–H and O–H groups in total. The van der Waals surface area contributed by atoms with E-state index in [4.69, 9.17) is 15.1 Å². The summed E-state index contributed by atoms with van der Waals surface area (Å²) >= 11 is 1.01. The van der Waals surface area contributed by atoms with Crippen LogP contribution in [0, 0.1) is 20.8 Å². The lowest BCUT2D eigenvalue weighted by atomic mass is 10.1. The van der Waals surface area contributed by atoms with Gasteiger partial charge in [0.2, 0.25) is 0 Å². The van der Waals surface area contributed by atoms with E-state index < -0.39 is 16.1 Å². The predicted octanol–water partition coefficient (Wildman–Crippen LogP) is 5.71. The Morgan fingerprint density at radius 3 is 2.46 bits per heavy atom. The maximum atomic E-state index is 13.0. The van der Waals surface area contributed by atoms with Gasteiger partial charge in [0.05, 0.1) is 12.2 Å². The number of amides is 1. The molecule has 11 heteroatoms. The fourth-order valence-corrected chi connectivity index (χ4v) is 7.24. The zero-order valence-electron chi connectivity index (χ0n) is 21.9. The number of aromatic nitrogens is 4. The minimum Gasteiger partial charge on any atom is -0.464 e. The molecule has 0 aliphatic rings. The van der Waals surface area contributed by atoms with Gasteiger partial charge in [0.1, 0.15) is 15.6 Å². The highest BCUT2D eigenvalue weighted by Gasteiger charge is 2.27. The molecule has 0 saturated carbocycles. The van der Waals surface area contributed by atoms with E-state index in [9.17, 15) is 13.2 Å². The van der Waals surface area contributed by atoms with Crippen LogP contribution in [0.5, 0.6) is 0 Å². The van der Waals surface area contributed by atoms with Gasteiger partial charge in [0.25, 0.3) is 10.0 Å². The van der Waals surface area contributed by atoms with Crippen LogP contribution in [0.25, 0.3) is 32.9 Å². The third-order valence-corrected chi connectivity index (χ3v) is 9.46. The Hall–Kier alpha value is -4.09. The van der Waals surface area contributed by atoms with Gasteiger partial charge in [0.15, 0.2) is 5.65 Å². The fraction of sp³-hybridized carbons (Fsp3) is 0.214. The first-order chi connectivity index (χ1) is 18.6. The van der Waals surface area contributed by atoms with E-state index in [1.165, 1.54) is 0 Å². The minimum atomic E-state index is -4.32. The van der Waals surface area contributed by atoms with Crippen LogP contribution in [0.3, 0.4) is 0 Å². The van der Waals surface area contributed by atoms with E-state index in [1.807, 2.05) is 57.2 Å². The number of rotatable bonds is 7. The van der Waals surface area contributed by atoms with Gasteiger partial charge in [-0.3, -0.25) is 4.98 Å². The summed E-state index contributed by atoms with van der Waals surface area (Å²) in [5.41, 5.74) is 7.21. The lowest BCUT2D eigenvalue weighted by Crippen LogP contribution is -2.28. The summed E-state index contributed by atoms with van der Waals surface area (Å²) in [6.45, 7) is 8.49. The molecule has 0 spiro atoms. The Morgan fingerprint density at radius 2 is 1.79 bits per heavy atom. The Morgan fingerprint density at radius 1 is 1.03 bits per heavy atom. The lowest BCUT2D eigenvalue weighted by Gasteiger charge is -2.09. The molecule has 0 saturated heterocycles. The summed E-state index contributed by atoms with van der Waals surface area (Å²) in [5, 5.41) is 9.14. The molecule has 4 heterocycles. The molecular weight excluding hydrogens is 534 g/mol. The van der Waals surface area contributed by atoms with Gasteiger partial charge in [-0.25, -0.2) is 27.9 Å². The van der Waals surface area contributed by atoms with Crippen LogP contribution in [-0.4, -0.2) is 39.1 Å². The molecule has 0 fully saturated rings. The second-order valence-corrected chi connectivity index (χ2v) is 12.2. The number of imidazole rings is 1. The summed E-state index contributed by atoms with van der Waals surface area (Å²) in [4.78, 5) is 26.1. The molecule has 9 nitrogen and oxygen atoms in total. The summed E-state index contributed by atoms with van der Waals surface area (Å²) < 4.78 is 29.6. The molecule has 0 atom stereocenters. The average molecular weight is 562 g/mol. The molecule has 5 aromatic rings. The molecular formula is C28H27N5O4S2. The van der Waals surface area contributed by atoms with Crippen LogP contribution in [-0.2, 0) is 23.0 Å². The first-order valence-electron chi connectivity index (χ1n) is 12.3. The van der Waals surface area contributed by atoms with Gasteiger partial charge < -0.3 is 9.67 Å². The number of fused-ring (bicyclic) bond motifs is 1. The number of carboxylic acid groups (broad SMARTS) is 1. The number of nitrogens with zero attached hydrogens (tertiary/aromatic N) is 4. The maximum absolute atomic E-state index is 13.0. The molecule has 1 aromatic carbocycles. The minimum absolute atomic E-state index is 0.104. The fourth-order valence-electron chi connectivity index (χ4n) is 4.64. The topological polar surface area (TPSA) is 127 Å². The SMILES string of the molecule is CCc1nc2c(C)cc(C)nc2n1Cc1ccc(-c2cc(-c3ccccc3C)sc2S(=O)(=O)NC(=O)O)nc1. The second-order valence-electron chi connectivity index (χ2n) is 9.31. The zero-order chi connectivity index (χ0) is 27.9. The number of sulfonamides is 1. The number of carbonyl (C=O) groups is 1. The number of pyridine rings is 2. The van der Waals surface area contributed by atoms with Crippen LogP contribution in [0.1, 0.15) is 35.1 Å². The number of thiophene rings is 1. The second kappa shape index (κ2) is 10.2. The molecule has 0 aliphatic carbocycles. The highest BCUT2D eigenvalue weighted by molar-refractivity contribution is 7.92. The third kappa shape index (κ3) is 5.15. The number of aryl methyl sites for hydroxylation is 4. The first kappa shape index (κ1) is 26.5. The Labute approximate surface area is 230 Å². The Bertz CT molecular complexity index is 1820. The largest absolute Gasteiger partial charge is 0.464 e. The molecule has 5 rings (SSSR count).